The van der Waals surface area contributed by atoms with E-state index in [1.54, 1.807) is 0 Å². The van der Waals surface area contributed by atoms with Crippen LogP contribution in [0.1, 0.15) is 11.1 Å². The zero-order valence-corrected chi connectivity index (χ0v) is 15.4. The molecule has 2 aromatic carbocycles. The molecule has 2 heterocycles. The lowest BCUT2D eigenvalue weighted by molar-refractivity contribution is -0.118. The summed E-state index contributed by atoms with van der Waals surface area (Å²) in [6.07, 6.45) is 0.851. The Balaban J connectivity index is 1.37. The molecule has 0 saturated heterocycles. The number of hydrogen-bond donors (Lipinski definition) is 3. The van der Waals surface area contributed by atoms with Crippen LogP contribution in [0.3, 0.4) is 0 Å². The molecule has 3 N–H and O–H groups in total. The normalized spacial score (nSPS) is 18.4. The summed E-state index contributed by atoms with van der Waals surface area (Å²) in [5.74, 6) is -1.03. The Morgan fingerprint density at radius 1 is 1.32 bits per heavy atom. The largest absolute Gasteiger partial charge is 0.478 e. The molecule has 0 unspecified atom stereocenters. The van der Waals surface area contributed by atoms with Gasteiger partial charge >= 0.3 is 6.03 Å². The highest BCUT2D eigenvalue weighted by Gasteiger charge is 2.24. The number of anilines is 2. The molecule has 0 radical (unpaired) electrons. The molecule has 2 aromatic rings. The van der Waals surface area contributed by atoms with Crippen molar-refractivity contribution < 1.29 is 18.7 Å². The van der Waals surface area contributed by atoms with E-state index in [2.05, 4.69) is 33.0 Å². The number of nitrogens with zero attached hydrogens (tertiary/aromatic N) is 1. The van der Waals surface area contributed by atoms with Crippen molar-refractivity contribution in [3.8, 4) is 5.75 Å². The number of rotatable bonds is 3. The van der Waals surface area contributed by atoms with Crippen molar-refractivity contribution in [3.63, 3.8) is 0 Å². The minimum absolute atomic E-state index is 0.0203. The summed E-state index contributed by atoms with van der Waals surface area (Å²) < 4.78 is 19.2. The van der Waals surface area contributed by atoms with Gasteiger partial charge in [0.2, 0.25) is 0 Å². The Morgan fingerprint density at radius 2 is 2.11 bits per heavy atom. The van der Waals surface area contributed by atoms with Crippen LogP contribution in [-0.2, 0) is 17.8 Å². The Labute approximate surface area is 161 Å². The van der Waals surface area contributed by atoms with E-state index in [1.807, 2.05) is 19.2 Å². The van der Waals surface area contributed by atoms with E-state index in [4.69, 9.17) is 4.74 Å². The first-order chi connectivity index (χ1) is 13.5. The highest BCUT2D eigenvalue weighted by atomic mass is 19.1. The molecular formula is C20H21FN4O3. The molecule has 2 aliphatic rings. The molecule has 3 amide bonds. The van der Waals surface area contributed by atoms with Crippen LogP contribution in [0, 0.1) is 5.82 Å². The molecule has 7 nitrogen and oxygen atoms in total. The van der Waals surface area contributed by atoms with Crippen LogP contribution in [0.2, 0.25) is 0 Å². The van der Waals surface area contributed by atoms with Crippen molar-refractivity contribution in [2.45, 2.75) is 19.0 Å². The summed E-state index contributed by atoms with van der Waals surface area (Å²) in [4.78, 5) is 25.9. The summed E-state index contributed by atoms with van der Waals surface area (Å²) in [5.41, 5.74) is 3.04. The molecule has 4 rings (SSSR count). The van der Waals surface area contributed by atoms with Gasteiger partial charge in [-0.3, -0.25) is 9.69 Å². The molecule has 0 bridgehead atoms. The van der Waals surface area contributed by atoms with E-state index in [9.17, 15) is 14.0 Å². The second-order valence-electron chi connectivity index (χ2n) is 7.05. The number of amides is 3. The second-order valence-corrected chi connectivity index (χ2v) is 7.05. The highest BCUT2D eigenvalue weighted by Crippen LogP contribution is 2.33. The smallest absolute Gasteiger partial charge is 0.319 e. The van der Waals surface area contributed by atoms with Crippen molar-refractivity contribution in [2.75, 3.05) is 30.8 Å². The first-order valence-corrected chi connectivity index (χ1v) is 9.07. The van der Waals surface area contributed by atoms with Crippen LogP contribution in [0.4, 0.5) is 20.6 Å². The number of hydrogen-bond acceptors (Lipinski definition) is 4. The number of likely N-dealkylation sites (N-methyl/N-ethyl adjacent to an activating group) is 1. The minimum atomic E-state index is -0.642. The van der Waals surface area contributed by atoms with Gasteiger partial charge in [-0.25, -0.2) is 9.18 Å². The van der Waals surface area contributed by atoms with E-state index in [1.165, 1.54) is 23.3 Å². The third-order valence-electron chi connectivity index (χ3n) is 5.04. The van der Waals surface area contributed by atoms with E-state index in [0.29, 0.717) is 6.54 Å². The third-order valence-corrected chi connectivity index (χ3v) is 5.04. The molecule has 0 fully saturated rings. The maximum absolute atomic E-state index is 14.1. The number of benzene rings is 2. The van der Waals surface area contributed by atoms with Gasteiger partial charge in [-0.05, 0) is 30.7 Å². The Kier molecular flexibility index (Phi) is 4.87. The van der Waals surface area contributed by atoms with Gasteiger partial charge in [-0.15, -0.1) is 0 Å². The maximum atomic E-state index is 14.1. The van der Waals surface area contributed by atoms with Crippen LogP contribution >= 0.6 is 0 Å². The maximum Gasteiger partial charge on any atom is 0.319 e. The minimum Gasteiger partial charge on any atom is -0.478 e. The quantitative estimate of drug-likeness (QED) is 0.759. The number of fused-ring (bicyclic) bond motifs is 2. The summed E-state index contributed by atoms with van der Waals surface area (Å²) in [6.45, 7) is 1.07. The first kappa shape index (κ1) is 18.2. The average molecular weight is 384 g/mol. The summed E-state index contributed by atoms with van der Waals surface area (Å²) in [7, 11) is 2.03. The standard InChI is InChI=1S/C20H21FN4O3/c1-25-10-13-5-3-2-4-12(13)6-15(25)9-22-20(27)23-14-7-16(21)19-17(8-14)24-18(26)11-28-19/h2-5,7-8,15H,6,9-11H2,1H3,(H,24,26)(H2,22,23,27)/t15-/m1/s1. The highest BCUT2D eigenvalue weighted by molar-refractivity contribution is 5.97. The van der Waals surface area contributed by atoms with Gasteiger partial charge in [0.25, 0.3) is 5.91 Å². The van der Waals surface area contributed by atoms with Gasteiger partial charge in [0.05, 0.1) is 5.69 Å². The van der Waals surface area contributed by atoms with Gasteiger partial charge < -0.3 is 20.7 Å². The predicted molar refractivity (Wildman–Crippen MR) is 103 cm³/mol. The van der Waals surface area contributed by atoms with Crippen LogP contribution < -0.4 is 20.7 Å². The number of carbonyl (C=O) groups excluding carboxylic acids is 2. The van der Waals surface area contributed by atoms with Crippen LogP contribution in [0.25, 0.3) is 0 Å². The first-order valence-electron chi connectivity index (χ1n) is 9.07. The van der Waals surface area contributed by atoms with Gasteiger partial charge in [0, 0.05) is 30.9 Å². The number of ether oxygens (including phenoxy) is 1. The molecule has 28 heavy (non-hydrogen) atoms. The summed E-state index contributed by atoms with van der Waals surface area (Å²) in [5, 5.41) is 7.97. The van der Waals surface area contributed by atoms with Crippen molar-refractivity contribution in [1.29, 1.82) is 0 Å². The number of nitrogens with one attached hydrogen (secondary N) is 3. The van der Waals surface area contributed by atoms with Crippen LogP contribution in [0.5, 0.6) is 5.75 Å². The van der Waals surface area contributed by atoms with Crippen molar-refractivity contribution in [3.05, 3.63) is 53.3 Å². The summed E-state index contributed by atoms with van der Waals surface area (Å²) >= 11 is 0. The molecule has 2 aliphatic heterocycles. The molecule has 0 saturated carbocycles. The Bertz CT molecular complexity index is 934. The molecular weight excluding hydrogens is 363 g/mol. The monoisotopic (exact) mass is 384 g/mol. The zero-order chi connectivity index (χ0) is 19.7. The number of urea groups is 1. The van der Waals surface area contributed by atoms with Crippen LogP contribution in [-0.4, -0.2) is 43.1 Å². The van der Waals surface area contributed by atoms with Gasteiger partial charge in [-0.2, -0.15) is 0 Å². The van der Waals surface area contributed by atoms with Crippen molar-refractivity contribution >= 4 is 23.3 Å². The van der Waals surface area contributed by atoms with Gasteiger partial charge in [0.15, 0.2) is 18.2 Å². The van der Waals surface area contributed by atoms with Gasteiger partial charge in [-0.1, -0.05) is 24.3 Å². The Hall–Kier alpha value is -3.13. The molecule has 0 aliphatic carbocycles. The van der Waals surface area contributed by atoms with Crippen molar-refractivity contribution in [2.24, 2.45) is 0 Å². The molecule has 0 aromatic heterocycles. The number of carbonyl (C=O) groups is 2. The fraction of sp³-hybridized carbons (Fsp3) is 0.300. The van der Waals surface area contributed by atoms with E-state index < -0.39 is 11.8 Å². The second kappa shape index (κ2) is 7.47. The zero-order valence-electron chi connectivity index (χ0n) is 15.4. The lowest BCUT2D eigenvalue weighted by atomic mass is 9.94. The topological polar surface area (TPSA) is 82.7 Å². The third kappa shape index (κ3) is 3.77. The molecule has 0 spiro atoms. The predicted octanol–water partition coefficient (Wildman–Crippen LogP) is 2.33. The molecule has 1 atom stereocenters. The van der Waals surface area contributed by atoms with Gasteiger partial charge in [0.1, 0.15) is 0 Å². The average Bonchev–Trinajstić information content (AvgIpc) is 2.66. The lowest BCUT2D eigenvalue weighted by Crippen LogP contribution is -2.46. The van der Waals surface area contributed by atoms with E-state index >= 15 is 0 Å². The van der Waals surface area contributed by atoms with Crippen LogP contribution in [0.15, 0.2) is 36.4 Å². The van der Waals surface area contributed by atoms with E-state index in [-0.39, 0.29) is 35.7 Å². The van der Waals surface area contributed by atoms with Crippen molar-refractivity contribution in [1.82, 2.24) is 10.2 Å². The molecule has 146 valence electrons. The number of halogens is 1. The summed E-state index contributed by atoms with van der Waals surface area (Å²) in [6, 6.07) is 10.7. The molecule has 8 heteroatoms. The SMILES string of the molecule is CN1Cc2ccccc2C[C@@H]1CNC(=O)Nc1cc(F)c2c(c1)NC(=O)CO2. The fourth-order valence-corrected chi connectivity index (χ4v) is 3.56. The fourth-order valence-electron chi connectivity index (χ4n) is 3.56. The lowest BCUT2D eigenvalue weighted by Gasteiger charge is -2.34. The van der Waals surface area contributed by atoms with E-state index in [0.717, 1.165) is 13.0 Å². The Morgan fingerprint density at radius 3 is 2.93 bits per heavy atom.